The van der Waals surface area contributed by atoms with Crippen LogP contribution in [0.3, 0.4) is 0 Å². The molecule has 0 atom stereocenters. The van der Waals surface area contributed by atoms with Gasteiger partial charge in [-0.15, -0.1) is 0 Å². The highest BCUT2D eigenvalue weighted by molar-refractivity contribution is 5.69. The van der Waals surface area contributed by atoms with Gasteiger partial charge in [0.2, 0.25) is 0 Å². The van der Waals surface area contributed by atoms with E-state index in [-0.39, 0.29) is 5.56 Å². The second kappa shape index (κ2) is 4.87. The van der Waals surface area contributed by atoms with Crippen molar-refractivity contribution < 1.29 is 13.2 Å². The van der Waals surface area contributed by atoms with E-state index in [0.717, 1.165) is 11.6 Å². The predicted molar refractivity (Wildman–Crippen MR) is 61.7 cm³/mol. The zero-order valence-corrected chi connectivity index (χ0v) is 8.83. The van der Waals surface area contributed by atoms with Crippen LogP contribution in [0.5, 0.6) is 0 Å². The van der Waals surface area contributed by atoms with Crippen molar-refractivity contribution in [2.45, 2.75) is 0 Å². The van der Waals surface area contributed by atoms with Crippen LogP contribution in [0.15, 0.2) is 42.5 Å². The largest absolute Gasteiger partial charge is 0.204 e. The van der Waals surface area contributed by atoms with E-state index in [9.17, 15) is 13.2 Å². The summed E-state index contributed by atoms with van der Waals surface area (Å²) < 4.78 is 38.9. The highest BCUT2D eigenvalue weighted by atomic mass is 19.2. The Balaban J connectivity index is 2.31. The van der Waals surface area contributed by atoms with E-state index >= 15 is 0 Å². The second-order valence-corrected chi connectivity index (χ2v) is 3.51. The van der Waals surface area contributed by atoms with Crippen LogP contribution in [-0.4, -0.2) is 0 Å². The molecule has 0 unspecified atom stereocenters. The minimum atomic E-state index is -1.44. The standard InChI is InChI=1S/C14H9F3/c15-12-9-8-11(13(16)14(12)17)7-6-10-4-2-1-3-5-10/h1-9H/b7-6+. The molecule has 0 aromatic heterocycles. The van der Waals surface area contributed by atoms with E-state index in [0.29, 0.717) is 0 Å². The third kappa shape index (κ3) is 2.56. The molecule has 2 aromatic carbocycles. The van der Waals surface area contributed by atoms with E-state index in [2.05, 4.69) is 0 Å². The van der Waals surface area contributed by atoms with Gasteiger partial charge in [-0.2, -0.15) is 0 Å². The zero-order chi connectivity index (χ0) is 12.3. The molecular formula is C14H9F3. The fourth-order valence-corrected chi connectivity index (χ4v) is 1.42. The molecule has 0 heterocycles. The van der Waals surface area contributed by atoms with Crippen LogP contribution < -0.4 is 0 Å². The van der Waals surface area contributed by atoms with Crippen molar-refractivity contribution in [2.24, 2.45) is 0 Å². The lowest BCUT2D eigenvalue weighted by molar-refractivity contribution is 0.446. The highest BCUT2D eigenvalue weighted by Gasteiger charge is 2.10. The van der Waals surface area contributed by atoms with Crippen LogP contribution in [0.1, 0.15) is 11.1 Å². The Hall–Kier alpha value is -2.03. The molecule has 0 aliphatic carbocycles. The minimum Gasteiger partial charge on any atom is -0.204 e. The maximum absolute atomic E-state index is 13.3. The maximum atomic E-state index is 13.3. The molecule has 0 bridgehead atoms. The van der Waals surface area contributed by atoms with Gasteiger partial charge in [0.25, 0.3) is 0 Å². The van der Waals surface area contributed by atoms with Crippen molar-refractivity contribution in [3.63, 3.8) is 0 Å². The summed E-state index contributed by atoms with van der Waals surface area (Å²) in [6, 6.07) is 11.3. The van der Waals surface area contributed by atoms with Gasteiger partial charge in [0, 0.05) is 5.56 Å². The number of rotatable bonds is 2. The van der Waals surface area contributed by atoms with Crippen molar-refractivity contribution in [2.75, 3.05) is 0 Å². The van der Waals surface area contributed by atoms with Crippen molar-refractivity contribution >= 4 is 12.2 Å². The van der Waals surface area contributed by atoms with Crippen LogP contribution in [0, 0.1) is 17.5 Å². The normalized spacial score (nSPS) is 11.0. The number of hydrogen-bond acceptors (Lipinski definition) is 0. The molecule has 0 saturated carbocycles. The molecule has 2 aromatic rings. The van der Waals surface area contributed by atoms with Gasteiger partial charge >= 0.3 is 0 Å². The summed E-state index contributed by atoms with van der Waals surface area (Å²) in [5.41, 5.74) is 0.879. The quantitative estimate of drug-likeness (QED) is 0.537. The van der Waals surface area contributed by atoms with E-state index in [1.165, 1.54) is 12.1 Å². The van der Waals surface area contributed by atoms with Gasteiger partial charge in [0.15, 0.2) is 17.5 Å². The number of hydrogen-bond donors (Lipinski definition) is 0. The molecule has 0 radical (unpaired) electrons. The van der Waals surface area contributed by atoms with Gasteiger partial charge in [-0.3, -0.25) is 0 Å². The van der Waals surface area contributed by atoms with Crippen LogP contribution >= 0.6 is 0 Å². The average molecular weight is 234 g/mol. The summed E-state index contributed by atoms with van der Waals surface area (Å²) in [4.78, 5) is 0. The Labute approximate surface area is 97.0 Å². The van der Waals surface area contributed by atoms with Gasteiger partial charge < -0.3 is 0 Å². The Morgan fingerprint density at radius 3 is 2.12 bits per heavy atom. The summed E-state index contributed by atoms with van der Waals surface area (Å²) in [6.45, 7) is 0. The molecule has 0 spiro atoms. The summed E-state index contributed by atoms with van der Waals surface area (Å²) in [6.07, 6.45) is 3.04. The number of benzene rings is 2. The van der Waals surface area contributed by atoms with Crippen molar-refractivity contribution in [1.29, 1.82) is 0 Å². The fraction of sp³-hybridized carbons (Fsp3) is 0. The number of halogens is 3. The first kappa shape index (κ1) is 11.5. The summed E-state index contributed by atoms with van der Waals surface area (Å²) in [5, 5.41) is 0. The maximum Gasteiger partial charge on any atom is 0.195 e. The molecule has 0 fully saturated rings. The first-order chi connectivity index (χ1) is 8.18. The van der Waals surface area contributed by atoms with Gasteiger partial charge in [0.1, 0.15) is 0 Å². The fourth-order valence-electron chi connectivity index (χ4n) is 1.42. The lowest BCUT2D eigenvalue weighted by Crippen LogP contribution is -1.92. The Morgan fingerprint density at radius 1 is 0.706 bits per heavy atom. The molecule has 0 nitrogen and oxygen atoms in total. The molecule has 0 aliphatic heterocycles. The first-order valence-corrected chi connectivity index (χ1v) is 5.05. The van der Waals surface area contributed by atoms with Gasteiger partial charge in [-0.05, 0) is 17.7 Å². The third-order valence-corrected chi connectivity index (χ3v) is 2.32. The molecular weight excluding hydrogens is 225 g/mol. The van der Waals surface area contributed by atoms with Crippen molar-refractivity contribution in [3.8, 4) is 0 Å². The van der Waals surface area contributed by atoms with E-state index in [1.807, 2.05) is 30.3 Å². The molecule has 0 N–H and O–H groups in total. The van der Waals surface area contributed by atoms with Crippen LogP contribution in [0.2, 0.25) is 0 Å². The average Bonchev–Trinajstić information content (AvgIpc) is 2.36. The second-order valence-electron chi connectivity index (χ2n) is 3.51. The van der Waals surface area contributed by atoms with E-state index in [4.69, 9.17) is 0 Å². The van der Waals surface area contributed by atoms with Gasteiger partial charge in [-0.1, -0.05) is 42.5 Å². The van der Waals surface area contributed by atoms with E-state index < -0.39 is 17.5 Å². The molecule has 86 valence electrons. The first-order valence-electron chi connectivity index (χ1n) is 5.05. The monoisotopic (exact) mass is 234 g/mol. The van der Waals surface area contributed by atoms with E-state index in [1.54, 1.807) is 6.08 Å². The lowest BCUT2D eigenvalue weighted by Gasteiger charge is -1.99. The summed E-state index contributed by atoms with van der Waals surface area (Å²) in [5.74, 6) is -3.79. The van der Waals surface area contributed by atoms with Crippen molar-refractivity contribution in [3.05, 3.63) is 71.0 Å². The van der Waals surface area contributed by atoms with Gasteiger partial charge in [-0.25, -0.2) is 13.2 Å². The molecule has 0 amide bonds. The topological polar surface area (TPSA) is 0 Å². The Bertz CT molecular complexity index is 545. The molecule has 0 saturated heterocycles. The summed E-state index contributed by atoms with van der Waals surface area (Å²) in [7, 11) is 0. The van der Waals surface area contributed by atoms with Crippen LogP contribution in [0.4, 0.5) is 13.2 Å². The Kier molecular flexibility index (Phi) is 3.28. The molecule has 3 heteroatoms. The lowest BCUT2D eigenvalue weighted by atomic mass is 10.1. The Morgan fingerprint density at radius 2 is 1.41 bits per heavy atom. The minimum absolute atomic E-state index is 0.0211. The van der Waals surface area contributed by atoms with Crippen LogP contribution in [0.25, 0.3) is 12.2 Å². The van der Waals surface area contributed by atoms with Crippen molar-refractivity contribution in [1.82, 2.24) is 0 Å². The van der Waals surface area contributed by atoms with Crippen LogP contribution in [-0.2, 0) is 0 Å². The predicted octanol–water partition coefficient (Wildman–Crippen LogP) is 4.27. The third-order valence-electron chi connectivity index (χ3n) is 2.32. The smallest absolute Gasteiger partial charge is 0.195 e. The molecule has 0 aliphatic rings. The summed E-state index contributed by atoms with van der Waals surface area (Å²) >= 11 is 0. The SMILES string of the molecule is Fc1ccc(/C=C/c2ccccc2)c(F)c1F. The zero-order valence-electron chi connectivity index (χ0n) is 8.83. The molecule has 2 rings (SSSR count). The highest BCUT2D eigenvalue weighted by Crippen LogP contribution is 2.17. The molecule has 17 heavy (non-hydrogen) atoms. The van der Waals surface area contributed by atoms with Gasteiger partial charge in [0.05, 0.1) is 0 Å².